The number of carbonyl (C=O) groups is 1. The summed E-state index contributed by atoms with van der Waals surface area (Å²) in [5.41, 5.74) is 2.61. The van der Waals surface area contributed by atoms with Crippen LogP contribution < -0.4 is 19.8 Å². The normalized spacial score (nSPS) is 14.5. The highest BCUT2D eigenvalue weighted by atomic mass is 35.5. The molecule has 38 heavy (non-hydrogen) atoms. The van der Waals surface area contributed by atoms with Gasteiger partial charge in [0.05, 0.1) is 24.1 Å². The Bertz CT molecular complexity index is 1730. The smallest absolute Gasteiger partial charge is 0.295 e. The summed E-state index contributed by atoms with van der Waals surface area (Å²) in [6.45, 7) is 0.367. The van der Waals surface area contributed by atoms with Crippen LogP contribution in [0.25, 0.3) is 11.0 Å². The summed E-state index contributed by atoms with van der Waals surface area (Å²) >= 11 is 6.29. The highest BCUT2D eigenvalue weighted by molar-refractivity contribution is 6.31. The molecule has 1 aliphatic rings. The molecule has 0 aliphatic carbocycles. The second-order valence-corrected chi connectivity index (χ2v) is 9.35. The molecular weight excluding hydrogens is 502 g/mol. The fourth-order valence-corrected chi connectivity index (χ4v) is 5.02. The molecule has 1 amide bonds. The largest absolute Gasteiger partial charge is 0.493 e. The Labute approximate surface area is 223 Å². The van der Waals surface area contributed by atoms with E-state index in [1.807, 2.05) is 36.4 Å². The number of hydrogen-bond acceptors (Lipinski definition) is 5. The Kier molecular flexibility index (Phi) is 6.10. The van der Waals surface area contributed by atoms with E-state index in [0.717, 1.165) is 5.56 Å². The number of carbonyl (C=O) groups excluding carboxylic acids is 1. The van der Waals surface area contributed by atoms with E-state index < -0.39 is 11.9 Å². The van der Waals surface area contributed by atoms with Gasteiger partial charge < -0.3 is 13.9 Å². The highest BCUT2D eigenvalue weighted by Gasteiger charge is 2.44. The van der Waals surface area contributed by atoms with Crippen LogP contribution in [0.15, 0.2) is 106 Å². The van der Waals surface area contributed by atoms with Crippen LogP contribution in [-0.4, -0.2) is 13.0 Å². The van der Waals surface area contributed by atoms with Crippen LogP contribution >= 0.6 is 11.6 Å². The third kappa shape index (κ3) is 4.09. The molecule has 0 bridgehead atoms. The minimum Gasteiger partial charge on any atom is -0.493 e. The minimum atomic E-state index is -0.756. The van der Waals surface area contributed by atoms with Crippen LogP contribution in [0, 0.1) is 0 Å². The van der Waals surface area contributed by atoms with Gasteiger partial charge >= 0.3 is 0 Å². The van der Waals surface area contributed by atoms with E-state index in [1.54, 1.807) is 72.7 Å². The topological polar surface area (TPSA) is 69.0 Å². The van der Waals surface area contributed by atoms with Crippen molar-refractivity contribution >= 4 is 34.2 Å². The zero-order valence-corrected chi connectivity index (χ0v) is 21.1. The zero-order valence-electron chi connectivity index (χ0n) is 20.4. The van der Waals surface area contributed by atoms with E-state index in [4.69, 9.17) is 25.5 Å². The van der Waals surface area contributed by atoms with Crippen LogP contribution in [0.1, 0.15) is 33.3 Å². The zero-order chi connectivity index (χ0) is 26.2. The fourth-order valence-electron chi connectivity index (χ4n) is 4.84. The van der Waals surface area contributed by atoms with E-state index in [9.17, 15) is 9.59 Å². The summed E-state index contributed by atoms with van der Waals surface area (Å²) in [4.78, 5) is 29.1. The number of methoxy groups -OCH3 is 1. The molecule has 1 atom stereocenters. The van der Waals surface area contributed by atoms with Crippen LogP contribution in [-0.2, 0) is 6.61 Å². The van der Waals surface area contributed by atoms with Gasteiger partial charge in [-0.1, -0.05) is 66.2 Å². The van der Waals surface area contributed by atoms with Crippen molar-refractivity contribution in [3.05, 3.63) is 135 Å². The molecule has 0 radical (unpaired) electrons. The first kappa shape index (κ1) is 23.8. The van der Waals surface area contributed by atoms with Gasteiger partial charge in [0.1, 0.15) is 12.2 Å². The van der Waals surface area contributed by atoms with Crippen molar-refractivity contribution in [2.75, 3.05) is 12.0 Å². The molecular formula is C31H22ClNO5. The highest BCUT2D eigenvalue weighted by Crippen LogP contribution is 2.43. The predicted molar refractivity (Wildman–Crippen MR) is 146 cm³/mol. The molecule has 2 heterocycles. The Balaban J connectivity index is 1.49. The lowest BCUT2D eigenvalue weighted by molar-refractivity contribution is 0.0971. The van der Waals surface area contributed by atoms with Crippen LogP contribution in [0.3, 0.4) is 0 Å². The molecule has 188 valence electrons. The minimum absolute atomic E-state index is 0.0158. The van der Waals surface area contributed by atoms with Crippen molar-refractivity contribution in [3.8, 4) is 11.5 Å². The van der Waals surface area contributed by atoms with Crippen molar-refractivity contribution < 1.29 is 18.7 Å². The number of nitrogens with zero attached hydrogens (tertiary/aromatic N) is 1. The summed E-state index contributed by atoms with van der Waals surface area (Å²) in [7, 11) is 1.55. The van der Waals surface area contributed by atoms with Gasteiger partial charge in [0, 0.05) is 10.7 Å². The maximum Gasteiger partial charge on any atom is 0.295 e. The second-order valence-electron chi connectivity index (χ2n) is 8.91. The van der Waals surface area contributed by atoms with E-state index in [2.05, 4.69) is 0 Å². The van der Waals surface area contributed by atoms with Crippen molar-refractivity contribution in [2.45, 2.75) is 12.6 Å². The van der Waals surface area contributed by atoms with Crippen molar-refractivity contribution in [2.24, 2.45) is 0 Å². The third-order valence-electron chi connectivity index (χ3n) is 6.60. The molecule has 1 unspecified atom stereocenters. The average Bonchev–Trinajstić information content (AvgIpc) is 3.24. The lowest BCUT2D eigenvalue weighted by atomic mass is 9.97. The van der Waals surface area contributed by atoms with E-state index in [-0.39, 0.29) is 16.8 Å². The molecule has 0 spiro atoms. The van der Waals surface area contributed by atoms with E-state index in [1.165, 1.54) is 0 Å². The number of anilines is 1. The van der Waals surface area contributed by atoms with Gasteiger partial charge in [0.2, 0.25) is 5.76 Å². The van der Waals surface area contributed by atoms with Gasteiger partial charge in [0.15, 0.2) is 16.9 Å². The van der Waals surface area contributed by atoms with Crippen LogP contribution in [0.5, 0.6) is 11.5 Å². The number of para-hydroxylation sites is 1. The first-order valence-electron chi connectivity index (χ1n) is 12.0. The number of fused-ring (bicyclic) bond motifs is 2. The number of ether oxygens (including phenoxy) is 2. The van der Waals surface area contributed by atoms with Crippen molar-refractivity contribution in [1.29, 1.82) is 0 Å². The molecule has 0 fully saturated rings. The average molecular weight is 524 g/mol. The molecule has 0 N–H and O–H groups in total. The maximum absolute atomic E-state index is 13.8. The van der Waals surface area contributed by atoms with Gasteiger partial charge in [-0.05, 0) is 53.6 Å². The molecule has 6 rings (SSSR count). The Morgan fingerprint density at radius 2 is 1.66 bits per heavy atom. The van der Waals surface area contributed by atoms with Gasteiger partial charge in [0.25, 0.3) is 5.91 Å². The van der Waals surface area contributed by atoms with Crippen LogP contribution in [0.2, 0.25) is 5.02 Å². The molecule has 1 aromatic heterocycles. The summed E-state index contributed by atoms with van der Waals surface area (Å²) in [6.07, 6.45) is 0. The quantitative estimate of drug-likeness (QED) is 0.245. The summed E-state index contributed by atoms with van der Waals surface area (Å²) in [6, 6.07) is 28.4. The lowest BCUT2D eigenvalue weighted by Gasteiger charge is -2.26. The Morgan fingerprint density at radius 3 is 2.45 bits per heavy atom. The fraction of sp³-hybridized carbons (Fsp3) is 0.0968. The van der Waals surface area contributed by atoms with Gasteiger partial charge in [-0.2, -0.15) is 0 Å². The summed E-state index contributed by atoms with van der Waals surface area (Å²) in [5, 5.41) is 0.878. The van der Waals surface area contributed by atoms with E-state index >= 15 is 0 Å². The predicted octanol–water partition coefficient (Wildman–Crippen LogP) is 6.78. The first-order valence-corrected chi connectivity index (χ1v) is 12.4. The monoisotopic (exact) mass is 523 g/mol. The SMILES string of the molecule is COc1cc(C2c3c(oc4ccccc4c3=O)C(=O)N2c2cccc(Cl)c2)ccc1OCc1ccccc1. The Hall–Kier alpha value is -4.55. The molecule has 7 heteroatoms. The second kappa shape index (κ2) is 9.72. The number of rotatable bonds is 6. The molecule has 0 saturated carbocycles. The molecule has 4 aromatic carbocycles. The molecule has 0 saturated heterocycles. The standard InChI is InChI=1S/C31H22ClNO5/c1-36-26-16-20(14-15-25(26)37-18-19-8-3-2-4-9-19)28-27-29(34)23-12-5-6-13-24(23)38-30(27)31(35)33(28)22-11-7-10-21(32)17-22/h2-17,28H,18H2,1H3. The molecule has 5 aromatic rings. The number of benzene rings is 4. The summed E-state index contributed by atoms with van der Waals surface area (Å²) in [5.74, 6) is 0.626. The Morgan fingerprint density at radius 1 is 0.868 bits per heavy atom. The maximum atomic E-state index is 13.8. The number of hydrogen-bond donors (Lipinski definition) is 0. The van der Waals surface area contributed by atoms with Crippen molar-refractivity contribution in [1.82, 2.24) is 0 Å². The third-order valence-corrected chi connectivity index (χ3v) is 6.84. The van der Waals surface area contributed by atoms with Gasteiger partial charge in [-0.15, -0.1) is 0 Å². The number of halogens is 1. The lowest BCUT2D eigenvalue weighted by Crippen LogP contribution is -2.29. The molecule has 1 aliphatic heterocycles. The van der Waals surface area contributed by atoms with Crippen molar-refractivity contribution in [3.63, 3.8) is 0 Å². The molecule has 6 nitrogen and oxygen atoms in total. The summed E-state index contributed by atoms with van der Waals surface area (Å²) < 4.78 is 17.7. The first-order chi connectivity index (χ1) is 18.5. The van der Waals surface area contributed by atoms with Crippen LogP contribution in [0.4, 0.5) is 5.69 Å². The number of amides is 1. The van der Waals surface area contributed by atoms with Gasteiger partial charge in [-0.25, -0.2) is 0 Å². The van der Waals surface area contributed by atoms with E-state index in [0.29, 0.717) is 45.3 Å². The van der Waals surface area contributed by atoms with Gasteiger partial charge in [-0.3, -0.25) is 14.5 Å².